The summed E-state index contributed by atoms with van der Waals surface area (Å²) in [4.78, 5) is 18.7. The SMILES string of the molecule is Cc1csc(N(C(=O)c2ccccc2OC(F)F)C2CC2)n1. The van der Waals surface area contributed by atoms with E-state index in [1.807, 2.05) is 12.3 Å². The smallest absolute Gasteiger partial charge is 0.387 e. The predicted octanol–water partition coefficient (Wildman–Crippen LogP) is 3.86. The maximum absolute atomic E-state index is 12.8. The number of carbonyl (C=O) groups is 1. The zero-order valence-corrected chi connectivity index (χ0v) is 12.6. The largest absolute Gasteiger partial charge is 0.434 e. The maximum atomic E-state index is 12.8. The van der Waals surface area contributed by atoms with Crippen LogP contribution in [0.1, 0.15) is 28.9 Å². The molecule has 1 heterocycles. The molecule has 1 aromatic carbocycles. The third kappa shape index (κ3) is 3.09. The van der Waals surface area contributed by atoms with Gasteiger partial charge >= 0.3 is 6.61 Å². The van der Waals surface area contributed by atoms with Crippen LogP contribution >= 0.6 is 11.3 Å². The monoisotopic (exact) mass is 324 g/mol. The van der Waals surface area contributed by atoms with Crippen LogP contribution in [-0.2, 0) is 0 Å². The Labute approximate surface area is 130 Å². The highest BCUT2D eigenvalue weighted by molar-refractivity contribution is 7.14. The summed E-state index contributed by atoms with van der Waals surface area (Å²) in [5.74, 6) is -0.463. The molecule has 0 atom stereocenters. The minimum atomic E-state index is -2.97. The molecule has 2 aromatic rings. The fraction of sp³-hybridized carbons (Fsp3) is 0.333. The van der Waals surface area contributed by atoms with Crippen molar-refractivity contribution in [3.05, 3.63) is 40.9 Å². The molecule has 3 rings (SSSR count). The van der Waals surface area contributed by atoms with Gasteiger partial charge in [0.05, 0.1) is 11.3 Å². The van der Waals surface area contributed by atoms with Gasteiger partial charge in [0.2, 0.25) is 0 Å². The van der Waals surface area contributed by atoms with Crippen LogP contribution in [0, 0.1) is 6.92 Å². The summed E-state index contributed by atoms with van der Waals surface area (Å²) in [6.45, 7) is -1.12. The molecule has 1 fully saturated rings. The van der Waals surface area contributed by atoms with Crippen molar-refractivity contribution in [2.24, 2.45) is 0 Å². The van der Waals surface area contributed by atoms with E-state index in [9.17, 15) is 13.6 Å². The molecule has 0 N–H and O–H groups in total. The highest BCUT2D eigenvalue weighted by atomic mass is 32.1. The second-order valence-electron chi connectivity index (χ2n) is 5.05. The number of rotatable bonds is 5. The van der Waals surface area contributed by atoms with E-state index in [0.717, 1.165) is 18.5 Å². The normalized spacial score (nSPS) is 14.2. The molecule has 0 unspecified atom stereocenters. The van der Waals surface area contributed by atoms with Gasteiger partial charge < -0.3 is 4.74 Å². The van der Waals surface area contributed by atoms with Crippen LogP contribution in [0.4, 0.5) is 13.9 Å². The van der Waals surface area contributed by atoms with E-state index in [1.54, 1.807) is 17.0 Å². The number of halogens is 2. The summed E-state index contributed by atoms with van der Waals surface area (Å²) in [5, 5.41) is 2.45. The number of nitrogens with zero attached hydrogens (tertiary/aromatic N) is 2. The molecule has 0 bridgehead atoms. The highest BCUT2D eigenvalue weighted by Crippen LogP contribution is 2.36. The Balaban J connectivity index is 1.94. The number of carbonyl (C=O) groups excluding carboxylic acids is 1. The number of hydrogen-bond donors (Lipinski definition) is 0. The third-order valence-corrected chi connectivity index (χ3v) is 4.24. The minimum Gasteiger partial charge on any atom is -0.434 e. The van der Waals surface area contributed by atoms with E-state index < -0.39 is 6.61 Å². The van der Waals surface area contributed by atoms with Crippen LogP contribution in [0.2, 0.25) is 0 Å². The first kappa shape index (κ1) is 14.9. The second-order valence-corrected chi connectivity index (χ2v) is 5.89. The van der Waals surface area contributed by atoms with Gasteiger partial charge in [-0.05, 0) is 31.9 Å². The molecule has 0 radical (unpaired) electrons. The summed E-state index contributed by atoms with van der Waals surface area (Å²) >= 11 is 1.37. The lowest BCUT2D eigenvalue weighted by Gasteiger charge is -2.20. The zero-order chi connectivity index (χ0) is 15.7. The predicted molar refractivity (Wildman–Crippen MR) is 79.8 cm³/mol. The third-order valence-electron chi connectivity index (χ3n) is 3.28. The second kappa shape index (κ2) is 6.00. The van der Waals surface area contributed by atoms with Crippen LogP contribution < -0.4 is 9.64 Å². The number of anilines is 1. The number of aryl methyl sites for hydroxylation is 1. The average molecular weight is 324 g/mol. The molecular formula is C15H14F2N2O2S. The standard InChI is InChI=1S/C15H14F2N2O2S/c1-9-8-22-15(18-9)19(10-6-7-10)13(20)11-4-2-3-5-12(11)21-14(16)17/h2-5,8,10,14H,6-7H2,1H3. The molecule has 4 nitrogen and oxygen atoms in total. The molecule has 0 saturated heterocycles. The number of ether oxygens (including phenoxy) is 1. The Morgan fingerprint density at radius 1 is 1.41 bits per heavy atom. The first-order valence-corrected chi connectivity index (χ1v) is 7.74. The first-order valence-electron chi connectivity index (χ1n) is 6.86. The lowest BCUT2D eigenvalue weighted by Crippen LogP contribution is -2.33. The van der Waals surface area contributed by atoms with Gasteiger partial charge in [0.25, 0.3) is 5.91 Å². The van der Waals surface area contributed by atoms with Crippen molar-refractivity contribution in [1.29, 1.82) is 0 Å². The van der Waals surface area contributed by atoms with E-state index in [-0.39, 0.29) is 23.3 Å². The van der Waals surface area contributed by atoms with Crippen molar-refractivity contribution in [2.45, 2.75) is 32.4 Å². The van der Waals surface area contributed by atoms with Gasteiger partial charge in [0, 0.05) is 11.4 Å². The van der Waals surface area contributed by atoms with E-state index >= 15 is 0 Å². The van der Waals surface area contributed by atoms with Gasteiger partial charge in [-0.15, -0.1) is 11.3 Å². The number of alkyl halides is 2. The summed E-state index contributed by atoms with van der Waals surface area (Å²) < 4.78 is 29.5. The molecule has 22 heavy (non-hydrogen) atoms. The molecular weight excluding hydrogens is 310 g/mol. The number of para-hydroxylation sites is 1. The zero-order valence-electron chi connectivity index (χ0n) is 11.8. The van der Waals surface area contributed by atoms with Gasteiger partial charge in [0.15, 0.2) is 5.13 Å². The van der Waals surface area contributed by atoms with Crippen LogP contribution in [0.15, 0.2) is 29.6 Å². The summed E-state index contributed by atoms with van der Waals surface area (Å²) in [7, 11) is 0. The number of thiazole rings is 1. The Morgan fingerprint density at radius 2 is 2.14 bits per heavy atom. The topological polar surface area (TPSA) is 42.4 Å². The molecule has 1 amide bonds. The Bertz CT molecular complexity index is 686. The van der Waals surface area contributed by atoms with Crippen LogP contribution in [-0.4, -0.2) is 23.5 Å². The van der Waals surface area contributed by atoms with E-state index in [1.165, 1.54) is 23.5 Å². The van der Waals surface area contributed by atoms with Gasteiger partial charge in [-0.2, -0.15) is 8.78 Å². The molecule has 0 aliphatic heterocycles. The van der Waals surface area contributed by atoms with Crippen molar-refractivity contribution in [1.82, 2.24) is 4.98 Å². The van der Waals surface area contributed by atoms with Crippen molar-refractivity contribution >= 4 is 22.4 Å². The van der Waals surface area contributed by atoms with Gasteiger partial charge in [-0.25, -0.2) is 4.98 Å². The first-order chi connectivity index (χ1) is 10.6. The number of amides is 1. The van der Waals surface area contributed by atoms with E-state index in [0.29, 0.717) is 5.13 Å². The highest BCUT2D eigenvalue weighted by Gasteiger charge is 2.37. The van der Waals surface area contributed by atoms with Gasteiger partial charge in [-0.3, -0.25) is 9.69 Å². The lowest BCUT2D eigenvalue weighted by molar-refractivity contribution is -0.0501. The van der Waals surface area contributed by atoms with Gasteiger partial charge in [0.1, 0.15) is 5.75 Å². The fourth-order valence-electron chi connectivity index (χ4n) is 2.17. The van der Waals surface area contributed by atoms with E-state index in [2.05, 4.69) is 9.72 Å². The van der Waals surface area contributed by atoms with Crippen molar-refractivity contribution in [3.63, 3.8) is 0 Å². The maximum Gasteiger partial charge on any atom is 0.387 e. The molecule has 0 spiro atoms. The van der Waals surface area contributed by atoms with Crippen LogP contribution in [0.5, 0.6) is 5.75 Å². The number of benzene rings is 1. The summed E-state index contributed by atoms with van der Waals surface area (Å²) in [6.07, 6.45) is 1.78. The Kier molecular flexibility index (Phi) is 4.06. The van der Waals surface area contributed by atoms with Crippen LogP contribution in [0.25, 0.3) is 0 Å². The van der Waals surface area contributed by atoms with Crippen LogP contribution in [0.3, 0.4) is 0 Å². The quantitative estimate of drug-likeness (QED) is 0.838. The minimum absolute atomic E-state index is 0.0812. The molecule has 1 aliphatic carbocycles. The number of aromatic nitrogens is 1. The lowest BCUT2D eigenvalue weighted by atomic mass is 10.1. The molecule has 1 aliphatic rings. The van der Waals surface area contributed by atoms with Crippen molar-refractivity contribution in [2.75, 3.05) is 4.90 Å². The summed E-state index contributed by atoms with van der Waals surface area (Å²) in [5.41, 5.74) is 0.957. The fourth-order valence-corrected chi connectivity index (χ4v) is 3.04. The van der Waals surface area contributed by atoms with E-state index in [4.69, 9.17) is 0 Å². The molecule has 7 heteroatoms. The molecule has 1 saturated carbocycles. The van der Waals surface area contributed by atoms with Crippen molar-refractivity contribution < 1.29 is 18.3 Å². The molecule has 1 aromatic heterocycles. The average Bonchev–Trinajstić information content (AvgIpc) is 3.21. The summed E-state index contributed by atoms with van der Waals surface area (Å²) in [6, 6.07) is 6.14. The van der Waals surface area contributed by atoms with Crippen molar-refractivity contribution in [3.8, 4) is 5.75 Å². The molecule has 116 valence electrons. The van der Waals surface area contributed by atoms with Gasteiger partial charge in [-0.1, -0.05) is 12.1 Å². The Morgan fingerprint density at radius 3 is 2.73 bits per heavy atom. The Hall–Kier alpha value is -2.02. The number of hydrogen-bond acceptors (Lipinski definition) is 4.